The topological polar surface area (TPSA) is 49.5 Å². The van der Waals surface area contributed by atoms with Gasteiger partial charge in [-0.3, -0.25) is 0 Å². The van der Waals surface area contributed by atoms with Crippen LogP contribution in [0.2, 0.25) is 0 Å². The molecule has 3 N–H and O–H groups in total. The summed E-state index contributed by atoms with van der Waals surface area (Å²) in [4.78, 5) is 2.21. The largest absolute Gasteiger partial charge is 0.516 e. The van der Waals surface area contributed by atoms with Crippen molar-refractivity contribution in [2.45, 2.75) is 25.8 Å². The monoisotopic (exact) mass is 224 g/mol. The second kappa shape index (κ2) is 5.51. The summed E-state index contributed by atoms with van der Waals surface area (Å²) in [7, 11) is 4.20. The van der Waals surface area contributed by atoms with Gasteiger partial charge in [0.15, 0.2) is 0 Å². The van der Waals surface area contributed by atoms with Crippen LogP contribution in [0.3, 0.4) is 0 Å². The van der Waals surface area contributed by atoms with Crippen LogP contribution in [0.5, 0.6) is 0 Å². The molecular formula is C13H24N2O. The Morgan fingerprint density at radius 3 is 2.75 bits per heavy atom. The first-order chi connectivity index (χ1) is 7.48. The number of hydrogen-bond donors (Lipinski definition) is 2. The van der Waals surface area contributed by atoms with Gasteiger partial charge < -0.3 is 15.7 Å². The van der Waals surface area contributed by atoms with Gasteiger partial charge in [0.2, 0.25) is 0 Å². The highest BCUT2D eigenvalue weighted by Crippen LogP contribution is 2.35. The van der Waals surface area contributed by atoms with Crippen LogP contribution in [0.1, 0.15) is 19.8 Å². The lowest BCUT2D eigenvalue weighted by atomic mass is 9.72. The molecule has 0 heterocycles. The highest BCUT2D eigenvalue weighted by atomic mass is 16.2. The lowest BCUT2D eigenvalue weighted by Crippen LogP contribution is -2.39. The van der Waals surface area contributed by atoms with E-state index in [0.29, 0.717) is 5.92 Å². The van der Waals surface area contributed by atoms with Crippen molar-refractivity contribution in [2.24, 2.45) is 17.1 Å². The third kappa shape index (κ3) is 3.35. The van der Waals surface area contributed by atoms with Crippen molar-refractivity contribution in [3.8, 4) is 0 Å². The summed E-state index contributed by atoms with van der Waals surface area (Å²) in [5.41, 5.74) is 6.02. The van der Waals surface area contributed by atoms with E-state index < -0.39 is 0 Å². The molecule has 0 saturated heterocycles. The van der Waals surface area contributed by atoms with Crippen LogP contribution < -0.4 is 5.73 Å². The number of rotatable bonds is 4. The number of aliphatic hydroxyl groups excluding tert-OH is 1. The fourth-order valence-corrected chi connectivity index (χ4v) is 2.24. The Kier molecular flexibility index (Phi) is 4.56. The number of hydrogen-bond acceptors (Lipinski definition) is 3. The predicted molar refractivity (Wildman–Crippen MR) is 68.3 cm³/mol. The zero-order valence-electron chi connectivity index (χ0n) is 10.6. The minimum absolute atomic E-state index is 0.0119. The van der Waals surface area contributed by atoms with Gasteiger partial charge in [0.05, 0.1) is 6.26 Å². The van der Waals surface area contributed by atoms with Gasteiger partial charge in [0, 0.05) is 18.0 Å². The molecule has 0 amide bonds. The molecule has 92 valence electrons. The maximum atomic E-state index is 8.76. The molecule has 0 radical (unpaired) electrons. The van der Waals surface area contributed by atoms with Crippen molar-refractivity contribution >= 4 is 0 Å². The first kappa shape index (κ1) is 13.3. The summed E-state index contributed by atoms with van der Waals surface area (Å²) in [6.07, 6.45) is 9.45. The number of nitrogens with two attached hydrogens (primary N) is 1. The maximum Gasteiger partial charge on any atom is 0.0767 e. The second-order valence-electron chi connectivity index (χ2n) is 5.29. The van der Waals surface area contributed by atoms with Gasteiger partial charge in [-0.25, -0.2) is 0 Å². The highest BCUT2D eigenvalue weighted by molar-refractivity contribution is 5.13. The van der Waals surface area contributed by atoms with E-state index in [1.165, 1.54) is 0 Å². The van der Waals surface area contributed by atoms with Gasteiger partial charge in [-0.15, -0.1) is 0 Å². The van der Waals surface area contributed by atoms with E-state index in [-0.39, 0.29) is 11.5 Å². The average molecular weight is 224 g/mol. The molecular weight excluding hydrogens is 200 g/mol. The van der Waals surface area contributed by atoms with E-state index in [1.54, 1.807) is 6.08 Å². The van der Waals surface area contributed by atoms with E-state index in [1.807, 2.05) is 0 Å². The fourth-order valence-electron chi connectivity index (χ4n) is 2.24. The van der Waals surface area contributed by atoms with Crippen molar-refractivity contribution in [1.29, 1.82) is 0 Å². The molecule has 0 spiro atoms. The first-order valence-electron chi connectivity index (χ1n) is 5.88. The van der Waals surface area contributed by atoms with Crippen molar-refractivity contribution in [2.75, 3.05) is 20.6 Å². The second-order valence-corrected chi connectivity index (χ2v) is 5.29. The van der Waals surface area contributed by atoms with Crippen LogP contribution in [-0.4, -0.2) is 36.7 Å². The van der Waals surface area contributed by atoms with E-state index in [0.717, 1.165) is 25.6 Å². The summed E-state index contributed by atoms with van der Waals surface area (Å²) < 4.78 is 0. The van der Waals surface area contributed by atoms with Gasteiger partial charge in [0.25, 0.3) is 0 Å². The summed E-state index contributed by atoms with van der Waals surface area (Å²) in [6, 6.07) is -0.103. The van der Waals surface area contributed by atoms with E-state index >= 15 is 0 Å². The molecule has 16 heavy (non-hydrogen) atoms. The summed E-state index contributed by atoms with van der Waals surface area (Å²) in [5.74, 6) is 0.633. The van der Waals surface area contributed by atoms with Crippen LogP contribution >= 0.6 is 0 Å². The highest BCUT2D eigenvalue weighted by Gasteiger charge is 2.31. The summed E-state index contributed by atoms with van der Waals surface area (Å²) >= 11 is 0. The van der Waals surface area contributed by atoms with E-state index in [9.17, 15) is 0 Å². The van der Waals surface area contributed by atoms with Gasteiger partial charge in [-0.05, 0) is 38.9 Å². The minimum Gasteiger partial charge on any atom is -0.516 e. The Balaban J connectivity index is 2.62. The smallest absolute Gasteiger partial charge is 0.0767 e. The lowest BCUT2D eigenvalue weighted by Gasteiger charge is -2.36. The molecule has 1 aliphatic rings. The number of nitrogens with zero attached hydrogens (tertiary/aromatic N) is 1. The standard InChI is InChI=1S/C13H24N2O/c1-13(12(14)6-9-16)7-4-11(5-8-13)10-15(2)3/h4,6-7,9,11-12,16H,5,8,10,14H2,1-3H3/b9-6-/t11-,12+,13-/m1/s1. The van der Waals surface area contributed by atoms with Crippen LogP contribution in [0.25, 0.3) is 0 Å². The molecule has 3 atom stereocenters. The van der Waals surface area contributed by atoms with Gasteiger partial charge in [-0.1, -0.05) is 19.1 Å². The SMILES string of the molecule is CN(C)C[C@@H]1C=C[C@@](C)([C@@H](N)/C=C\O)CC1. The Labute approximate surface area is 98.6 Å². The summed E-state index contributed by atoms with van der Waals surface area (Å²) in [5, 5.41) is 8.76. The Morgan fingerprint density at radius 2 is 2.31 bits per heavy atom. The lowest BCUT2D eigenvalue weighted by molar-refractivity contribution is 0.265. The third-order valence-corrected chi connectivity index (χ3v) is 3.46. The van der Waals surface area contributed by atoms with Crippen molar-refractivity contribution in [3.05, 3.63) is 24.5 Å². The summed E-state index contributed by atoms with van der Waals surface area (Å²) in [6.45, 7) is 3.25. The molecule has 0 fully saturated rings. The molecule has 0 aromatic heterocycles. The molecule has 0 aromatic carbocycles. The van der Waals surface area contributed by atoms with Crippen LogP contribution in [0.4, 0.5) is 0 Å². The zero-order chi connectivity index (χ0) is 12.2. The van der Waals surface area contributed by atoms with Crippen LogP contribution in [0, 0.1) is 11.3 Å². The number of aliphatic hydroxyl groups is 1. The molecule has 0 unspecified atom stereocenters. The van der Waals surface area contributed by atoms with Gasteiger partial charge >= 0.3 is 0 Å². The van der Waals surface area contributed by atoms with Crippen molar-refractivity contribution < 1.29 is 5.11 Å². The Morgan fingerprint density at radius 1 is 1.62 bits per heavy atom. The van der Waals surface area contributed by atoms with Gasteiger partial charge in [0.1, 0.15) is 0 Å². The molecule has 1 aliphatic carbocycles. The predicted octanol–water partition coefficient (Wildman–Crippen LogP) is 1.92. The Bertz CT molecular complexity index is 273. The molecule has 3 nitrogen and oxygen atoms in total. The van der Waals surface area contributed by atoms with Gasteiger partial charge in [-0.2, -0.15) is 0 Å². The molecule has 3 heteroatoms. The molecule has 0 aromatic rings. The molecule has 0 aliphatic heterocycles. The molecule has 0 bridgehead atoms. The average Bonchev–Trinajstić information content (AvgIpc) is 2.21. The Hall–Kier alpha value is -0.800. The van der Waals surface area contributed by atoms with Crippen molar-refractivity contribution in [1.82, 2.24) is 4.90 Å². The zero-order valence-corrected chi connectivity index (χ0v) is 10.6. The molecule has 0 saturated carbocycles. The third-order valence-electron chi connectivity index (χ3n) is 3.46. The molecule has 1 rings (SSSR count). The van der Waals surface area contributed by atoms with Crippen LogP contribution in [0.15, 0.2) is 24.5 Å². The van der Waals surface area contributed by atoms with E-state index in [4.69, 9.17) is 10.8 Å². The maximum absolute atomic E-state index is 8.76. The quantitative estimate of drug-likeness (QED) is 0.566. The normalized spacial score (nSPS) is 32.4. The fraction of sp³-hybridized carbons (Fsp3) is 0.692. The minimum atomic E-state index is -0.103. The van der Waals surface area contributed by atoms with E-state index in [2.05, 4.69) is 38.1 Å². The first-order valence-corrected chi connectivity index (χ1v) is 5.88. The van der Waals surface area contributed by atoms with Crippen molar-refractivity contribution in [3.63, 3.8) is 0 Å². The van der Waals surface area contributed by atoms with Crippen LogP contribution in [-0.2, 0) is 0 Å².